The maximum Gasteiger partial charge on any atom is 0.251 e. The van der Waals surface area contributed by atoms with Gasteiger partial charge in [0.05, 0.1) is 0 Å². The number of carbonyl (C=O) groups is 1. The predicted molar refractivity (Wildman–Crippen MR) is 98.2 cm³/mol. The Bertz CT molecular complexity index is 601. The van der Waals surface area contributed by atoms with Crippen LogP contribution in [0.4, 0.5) is 5.69 Å². The molecule has 0 aliphatic carbocycles. The maximum atomic E-state index is 12.1. The standard InChI is InChI=1S/C18H23N3O.ClH/c1-14(21(2)17-6-4-3-5-7-17)13-20-18(22)16-10-8-15(12-19)9-11-16;/h3-11,14H,12-13,19H2,1-2H3,(H,20,22);1H. The third-order valence-corrected chi connectivity index (χ3v) is 3.83. The van der Waals surface area contributed by atoms with Crippen LogP contribution in [0.25, 0.3) is 0 Å². The van der Waals surface area contributed by atoms with Crippen LogP contribution in [0.15, 0.2) is 54.6 Å². The molecule has 5 heteroatoms. The molecule has 0 fully saturated rings. The second kappa shape index (κ2) is 9.18. The summed E-state index contributed by atoms with van der Waals surface area (Å²) < 4.78 is 0. The average molecular weight is 334 g/mol. The summed E-state index contributed by atoms with van der Waals surface area (Å²) in [6.07, 6.45) is 0. The third kappa shape index (κ3) is 5.27. The molecule has 2 aromatic carbocycles. The van der Waals surface area contributed by atoms with Crippen LogP contribution in [-0.2, 0) is 6.54 Å². The van der Waals surface area contributed by atoms with E-state index in [1.807, 2.05) is 49.5 Å². The van der Waals surface area contributed by atoms with Gasteiger partial charge in [0.2, 0.25) is 0 Å². The van der Waals surface area contributed by atoms with Crippen molar-refractivity contribution in [3.05, 3.63) is 65.7 Å². The first-order valence-electron chi connectivity index (χ1n) is 7.47. The monoisotopic (exact) mass is 333 g/mol. The fraction of sp³-hybridized carbons (Fsp3) is 0.278. The van der Waals surface area contributed by atoms with Crippen LogP contribution in [0.5, 0.6) is 0 Å². The Kier molecular flexibility index (Phi) is 7.59. The number of nitrogens with one attached hydrogen (secondary N) is 1. The fourth-order valence-electron chi connectivity index (χ4n) is 2.19. The first kappa shape index (κ1) is 19.0. The van der Waals surface area contributed by atoms with Crippen molar-refractivity contribution in [3.63, 3.8) is 0 Å². The number of hydrogen-bond donors (Lipinski definition) is 2. The summed E-state index contributed by atoms with van der Waals surface area (Å²) in [6, 6.07) is 17.7. The van der Waals surface area contributed by atoms with Crippen LogP contribution in [0.3, 0.4) is 0 Å². The second-order valence-electron chi connectivity index (χ2n) is 5.41. The van der Waals surface area contributed by atoms with Gasteiger partial charge < -0.3 is 16.0 Å². The molecule has 0 saturated carbocycles. The zero-order valence-electron chi connectivity index (χ0n) is 13.5. The molecule has 1 amide bonds. The molecule has 0 aliphatic heterocycles. The third-order valence-electron chi connectivity index (χ3n) is 3.83. The number of anilines is 1. The van der Waals surface area contributed by atoms with Gasteiger partial charge in [0.15, 0.2) is 0 Å². The summed E-state index contributed by atoms with van der Waals surface area (Å²) in [7, 11) is 2.03. The summed E-state index contributed by atoms with van der Waals surface area (Å²) in [4.78, 5) is 14.3. The van der Waals surface area contributed by atoms with Crippen LogP contribution >= 0.6 is 12.4 Å². The van der Waals surface area contributed by atoms with Crippen LogP contribution < -0.4 is 16.0 Å². The maximum absolute atomic E-state index is 12.1. The number of rotatable bonds is 6. The summed E-state index contributed by atoms with van der Waals surface area (Å²) in [5, 5.41) is 2.98. The number of para-hydroxylation sites is 1. The number of benzene rings is 2. The highest BCUT2D eigenvalue weighted by molar-refractivity contribution is 5.94. The van der Waals surface area contributed by atoms with Crippen molar-refractivity contribution < 1.29 is 4.79 Å². The van der Waals surface area contributed by atoms with Gasteiger partial charge in [0.1, 0.15) is 0 Å². The van der Waals surface area contributed by atoms with E-state index in [9.17, 15) is 4.79 Å². The highest BCUT2D eigenvalue weighted by Gasteiger charge is 2.12. The second-order valence-corrected chi connectivity index (χ2v) is 5.41. The van der Waals surface area contributed by atoms with Crippen molar-refractivity contribution in [3.8, 4) is 0 Å². The van der Waals surface area contributed by atoms with Crippen molar-refractivity contribution in [1.82, 2.24) is 5.32 Å². The molecule has 0 aromatic heterocycles. The van der Waals surface area contributed by atoms with Gasteiger partial charge in [-0.2, -0.15) is 0 Å². The van der Waals surface area contributed by atoms with E-state index >= 15 is 0 Å². The van der Waals surface area contributed by atoms with E-state index in [1.165, 1.54) is 0 Å². The smallest absolute Gasteiger partial charge is 0.251 e. The van der Waals surface area contributed by atoms with Gasteiger partial charge in [-0.05, 0) is 36.8 Å². The highest BCUT2D eigenvalue weighted by Crippen LogP contribution is 2.13. The Morgan fingerprint density at radius 3 is 2.30 bits per heavy atom. The Hall–Kier alpha value is -2.04. The topological polar surface area (TPSA) is 58.4 Å². The van der Waals surface area contributed by atoms with Gasteiger partial charge in [-0.25, -0.2) is 0 Å². The lowest BCUT2D eigenvalue weighted by atomic mass is 10.1. The van der Waals surface area contributed by atoms with Gasteiger partial charge in [-0.3, -0.25) is 4.79 Å². The molecule has 0 saturated heterocycles. The fourth-order valence-corrected chi connectivity index (χ4v) is 2.19. The minimum atomic E-state index is -0.0584. The molecular weight excluding hydrogens is 310 g/mol. The molecule has 0 spiro atoms. The van der Waals surface area contributed by atoms with Crippen molar-refractivity contribution in [2.75, 3.05) is 18.5 Å². The molecule has 124 valence electrons. The zero-order chi connectivity index (χ0) is 15.9. The Morgan fingerprint density at radius 1 is 1.13 bits per heavy atom. The normalized spacial score (nSPS) is 11.3. The summed E-state index contributed by atoms with van der Waals surface area (Å²) in [6.45, 7) is 3.16. The van der Waals surface area contributed by atoms with Gasteiger partial charge in [-0.1, -0.05) is 30.3 Å². The number of likely N-dealkylation sites (N-methyl/N-ethyl adjacent to an activating group) is 1. The first-order chi connectivity index (χ1) is 10.6. The lowest BCUT2D eigenvalue weighted by molar-refractivity contribution is 0.0951. The highest BCUT2D eigenvalue weighted by atomic mass is 35.5. The molecule has 1 unspecified atom stereocenters. The quantitative estimate of drug-likeness (QED) is 0.854. The van der Waals surface area contributed by atoms with Gasteiger partial charge in [0.25, 0.3) is 5.91 Å². The lowest BCUT2D eigenvalue weighted by Crippen LogP contribution is -2.40. The van der Waals surface area contributed by atoms with Crippen molar-refractivity contribution >= 4 is 24.0 Å². The Balaban J connectivity index is 0.00000264. The minimum absolute atomic E-state index is 0. The molecular formula is C18H24ClN3O. The van der Waals surface area contributed by atoms with Crippen LogP contribution in [-0.4, -0.2) is 25.5 Å². The largest absolute Gasteiger partial charge is 0.370 e. The Labute approximate surface area is 144 Å². The summed E-state index contributed by atoms with van der Waals surface area (Å²) >= 11 is 0. The summed E-state index contributed by atoms with van der Waals surface area (Å²) in [5.41, 5.74) is 8.37. The van der Waals surface area contributed by atoms with Crippen LogP contribution in [0, 0.1) is 0 Å². The van der Waals surface area contributed by atoms with Gasteiger partial charge in [0, 0.05) is 37.4 Å². The Morgan fingerprint density at radius 2 is 1.74 bits per heavy atom. The average Bonchev–Trinajstić information content (AvgIpc) is 2.59. The molecule has 1 atom stereocenters. The number of amides is 1. The zero-order valence-corrected chi connectivity index (χ0v) is 14.3. The molecule has 4 nitrogen and oxygen atoms in total. The molecule has 0 aliphatic rings. The van der Waals surface area contributed by atoms with E-state index < -0.39 is 0 Å². The van der Waals surface area contributed by atoms with Crippen LogP contribution in [0.2, 0.25) is 0 Å². The van der Waals surface area contributed by atoms with Gasteiger partial charge in [-0.15, -0.1) is 12.4 Å². The molecule has 3 N–H and O–H groups in total. The van der Waals surface area contributed by atoms with E-state index in [0.717, 1.165) is 11.3 Å². The SMILES string of the molecule is CC(CNC(=O)c1ccc(CN)cc1)N(C)c1ccccc1.Cl. The molecule has 2 aromatic rings. The number of hydrogen-bond acceptors (Lipinski definition) is 3. The number of halogens is 1. The van der Waals surface area contributed by atoms with E-state index in [1.54, 1.807) is 0 Å². The first-order valence-corrected chi connectivity index (χ1v) is 7.47. The van der Waals surface area contributed by atoms with E-state index in [0.29, 0.717) is 18.7 Å². The molecule has 0 bridgehead atoms. The van der Waals surface area contributed by atoms with Crippen molar-refractivity contribution in [2.24, 2.45) is 5.73 Å². The molecule has 0 heterocycles. The summed E-state index contributed by atoms with van der Waals surface area (Å²) in [5.74, 6) is -0.0584. The predicted octanol–water partition coefficient (Wildman–Crippen LogP) is 2.82. The molecule has 23 heavy (non-hydrogen) atoms. The molecule has 2 rings (SSSR count). The number of nitrogens with two attached hydrogens (primary N) is 1. The van der Waals surface area contributed by atoms with E-state index in [-0.39, 0.29) is 24.4 Å². The molecule has 0 radical (unpaired) electrons. The van der Waals surface area contributed by atoms with Crippen LogP contribution in [0.1, 0.15) is 22.8 Å². The van der Waals surface area contributed by atoms with Crippen molar-refractivity contribution in [1.29, 1.82) is 0 Å². The minimum Gasteiger partial charge on any atom is -0.370 e. The van der Waals surface area contributed by atoms with Gasteiger partial charge >= 0.3 is 0 Å². The number of carbonyl (C=O) groups excluding carboxylic acids is 1. The lowest BCUT2D eigenvalue weighted by Gasteiger charge is -2.27. The van der Waals surface area contributed by atoms with Crippen molar-refractivity contribution in [2.45, 2.75) is 19.5 Å². The van der Waals surface area contributed by atoms with E-state index in [2.05, 4.69) is 29.3 Å². The number of nitrogens with zero attached hydrogens (tertiary/aromatic N) is 1. The van der Waals surface area contributed by atoms with E-state index in [4.69, 9.17) is 5.73 Å².